The summed E-state index contributed by atoms with van der Waals surface area (Å²) in [5, 5.41) is 64.7. The van der Waals surface area contributed by atoms with E-state index in [2.05, 4.69) is 21.2 Å². The third-order valence-corrected chi connectivity index (χ3v) is 12.9. The zero-order chi connectivity index (χ0) is 46.3. The van der Waals surface area contributed by atoms with Crippen molar-refractivity contribution in [3.63, 3.8) is 0 Å². The van der Waals surface area contributed by atoms with Gasteiger partial charge in [-0.3, -0.25) is 25.1 Å². The van der Waals surface area contributed by atoms with Crippen LogP contribution in [0.4, 0.5) is 15.3 Å². The summed E-state index contributed by atoms with van der Waals surface area (Å²) in [6, 6.07) is 10.1. The van der Waals surface area contributed by atoms with Crippen molar-refractivity contribution < 1.29 is 73.2 Å². The molecule has 64 heavy (non-hydrogen) atoms. The Morgan fingerprint density at radius 3 is 2.38 bits per heavy atom. The minimum absolute atomic E-state index is 0.0118. The number of nitrogens with two attached hydrogens (primary N) is 1. The number of aliphatic hydroxyl groups is 3. The Morgan fingerprint density at radius 1 is 1.00 bits per heavy atom. The van der Waals surface area contributed by atoms with Gasteiger partial charge >= 0.3 is 12.2 Å². The van der Waals surface area contributed by atoms with Gasteiger partial charge in [0.05, 0.1) is 54.0 Å². The number of hydrazone groups is 1. The topological polar surface area (TPSA) is 307 Å². The van der Waals surface area contributed by atoms with Crippen LogP contribution in [0, 0.1) is 0 Å². The van der Waals surface area contributed by atoms with Crippen molar-refractivity contribution in [2.45, 2.75) is 62.4 Å². The molecule has 0 spiro atoms. The third kappa shape index (κ3) is 10.5. The number of alkyl carbamates (subject to hydrolysis) is 1. The Bertz CT molecular complexity index is 2350. The number of hydrogen-bond acceptors (Lipinski definition) is 19. The Kier molecular flexibility index (Phi) is 15.7. The highest BCUT2D eigenvalue weighted by Gasteiger charge is 2.50. The number of nitrogens with one attached hydrogen (secondary N) is 3. The number of phenolic OH excluding ortho intramolecular Hbond substituents is 2. The monoisotopic (exact) mass is 943 g/mol. The number of amides is 2. The number of phenols is 2. The fraction of sp³-hybridized carbons (Fsp3) is 0.390. The average Bonchev–Trinajstić information content (AvgIpc) is 3.26. The summed E-state index contributed by atoms with van der Waals surface area (Å²) in [5.74, 6) is -3.39. The second-order valence-corrected chi connectivity index (χ2v) is 17.8. The molecule has 3 aromatic carbocycles. The van der Waals surface area contributed by atoms with Crippen molar-refractivity contribution in [1.29, 1.82) is 0 Å². The number of methoxy groups -OCH3 is 1. The maximum absolute atomic E-state index is 14.0. The van der Waals surface area contributed by atoms with Crippen molar-refractivity contribution in [2.24, 2.45) is 10.8 Å². The molecule has 1 saturated heterocycles. The highest BCUT2D eigenvalue weighted by molar-refractivity contribution is 8.76. The van der Waals surface area contributed by atoms with Crippen LogP contribution < -0.4 is 26.5 Å². The molecule has 3 aromatic rings. The van der Waals surface area contributed by atoms with Crippen LogP contribution in [-0.2, 0) is 30.2 Å². The molecule has 6 rings (SSSR count). The Balaban J connectivity index is 1.04. The Labute approximate surface area is 378 Å². The number of anilines is 1. The van der Waals surface area contributed by atoms with Crippen LogP contribution in [0.3, 0.4) is 0 Å². The number of aromatic hydroxyl groups is 2. The van der Waals surface area contributed by atoms with E-state index >= 15 is 0 Å². The van der Waals surface area contributed by atoms with E-state index in [0.29, 0.717) is 22.8 Å². The zero-order valence-electron chi connectivity index (χ0n) is 34.2. The highest BCUT2D eigenvalue weighted by atomic mass is 33.1. The summed E-state index contributed by atoms with van der Waals surface area (Å²) in [6.07, 6.45) is -6.57. The van der Waals surface area contributed by atoms with Crippen molar-refractivity contribution >= 4 is 80.4 Å². The molecule has 0 bridgehead atoms. The molecule has 1 fully saturated rings. The van der Waals surface area contributed by atoms with Crippen molar-refractivity contribution in [3.8, 4) is 17.2 Å². The van der Waals surface area contributed by atoms with Crippen LogP contribution in [0.1, 0.15) is 74.4 Å². The number of rotatable bonds is 16. The van der Waals surface area contributed by atoms with Gasteiger partial charge in [0.1, 0.15) is 48.8 Å². The van der Waals surface area contributed by atoms with E-state index in [1.807, 2.05) is 0 Å². The van der Waals surface area contributed by atoms with Gasteiger partial charge in [0, 0.05) is 53.0 Å². The largest absolute Gasteiger partial charge is 0.507 e. The van der Waals surface area contributed by atoms with Crippen LogP contribution in [0.2, 0.25) is 0 Å². The van der Waals surface area contributed by atoms with Crippen LogP contribution in [0.5, 0.6) is 17.2 Å². The van der Waals surface area contributed by atoms with Crippen molar-refractivity contribution in [1.82, 2.24) is 10.7 Å². The van der Waals surface area contributed by atoms with E-state index in [-0.39, 0.29) is 52.8 Å². The maximum Gasteiger partial charge on any atom is 0.411 e. The fourth-order valence-electron chi connectivity index (χ4n) is 7.54. The van der Waals surface area contributed by atoms with Gasteiger partial charge in [-0.25, -0.2) is 9.59 Å². The summed E-state index contributed by atoms with van der Waals surface area (Å²) in [6.45, 7) is 0.467. The molecule has 0 radical (unpaired) electrons. The number of benzene rings is 3. The maximum atomic E-state index is 14.0. The first kappa shape index (κ1) is 47.9. The molecule has 10 N–H and O–H groups in total. The van der Waals surface area contributed by atoms with Crippen LogP contribution >= 0.6 is 33.8 Å². The quantitative estimate of drug-likeness (QED) is 0.0195. The molecule has 2 aliphatic carbocycles. The lowest BCUT2D eigenvalue weighted by Gasteiger charge is -2.42. The predicted molar refractivity (Wildman–Crippen MR) is 236 cm³/mol. The number of carbonyl (C=O) groups excluding carboxylic acids is 5. The standard InChI is InChI=1S/C41H45N5O15S3/c1-19-33(49)24(45-40(55)59-11-13-64-63-12-10-58-39(54)44-23-8-4-3-6-20(23)17-43-46-38(42)62)14-28(60-19)61-26-16-41(56,27(48)18-47)15-22-30(26)37(53)32-31(35(22)51)34(50)21-7-5-9-25(57-2)29(21)36(32)52/h3-9,17,19,24,26,28,33,47,49,51,53,56H,10-16,18H2,1-2H3,(H,44,54)(H,45,55)(H3,42,46,62)/b43-17+/t19?,24?,26-,28?,33?,41?/m1/s1. The number of ether oxygens (including phenoxy) is 5. The van der Waals surface area contributed by atoms with Gasteiger partial charge in [-0.05, 0) is 31.3 Å². The predicted octanol–water partition coefficient (Wildman–Crippen LogP) is 2.57. The van der Waals surface area contributed by atoms with Crippen LogP contribution in [-0.4, -0.2) is 135 Å². The molecule has 1 heterocycles. The van der Waals surface area contributed by atoms with E-state index in [1.54, 1.807) is 24.3 Å². The summed E-state index contributed by atoms with van der Waals surface area (Å²) in [4.78, 5) is 65.8. The smallest absolute Gasteiger partial charge is 0.411 e. The number of nitrogens with zero attached hydrogens (tertiary/aromatic N) is 1. The van der Waals surface area contributed by atoms with Gasteiger partial charge in [-0.15, -0.1) is 0 Å². The van der Waals surface area contributed by atoms with Gasteiger partial charge < -0.3 is 60.3 Å². The summed E-state index contributed by atoms with van der Waals surface area (Å²) in [7, 11) is 4.03. The Hall–Kier alpha value is -5.53. The second kappa shape index (κ2) is 21.0. The van der Waals surface area contributed by atoms with Crippen molar-refractivity contribution in [3.05, 3.63) is 81.4 Å². The number of thiocarbonyl (C=S) groups is 1. The molecule has 2 amide bonds. The molecule has 3 aliphatic rings. The average molecular weight is 944 g/mol. The molecule has 23 heteroatoms. The minimum atomic E-state index is -2.37. The molecular formula is C41H45N5O15S3. The Morgan fingerprint density at radius 2 is 1.69 bits per heavy atom. The van der Waals surface area contributed by atoms with E-state index < -0.39 is 108 Å². The van der Waals surface area contributed by atoms with E-state index in [4.69, 9.17) is 41.6 Å². The number of fused-ring (bicyclic) bond motifs is 3. The second-order valence-electron chi connectivity index (χ2n) is 14.6. The molecule has 1 aliphatic heterocycles. The molecule has 6 atom stereocenters. The highest BCUT2D eigenvalue weighted by Crippen LogP contribution is 2.52. The summed E-state index contributed by atoms with van der Waals surface area (Å²) in [5.41, 5.74) is 4.65. The molecular weight excluding hydrogens is 899 g/mol. The molecule has 342 valence electrons. The number of aliphatic hydroxyl groups excluding tert-OH is 2. The van der Waals surface area contributed by atoms with Gasteiger partial charge in [0.2, 0.25) is 5.78 Å². The minimum Gasteiger partial charge on any atom is -0.507 e. The number of para-hydroxylation sites is 1. The van der Waals surface area contributed by atoms with E-state index in [1.165, 1.54) is 60.0 Å². The first-order valence-corrected chi connectivity index (χ1v) is 22.5. The van der Waals surface area contributed by atoms with Crippen molar-refractivity contribution in [2.75, 3.05) is 43.8 Å². The number of hydrogen-bond donors (Lipinski definition) is 9. The lowest BCUT2D eigenvalue weighted by Crippen LogP contribution is -2.56. The SMILES string of the molecule is COc1cccc2c1C(=O)c1c(O)c3c(c(O)c1C2=O)CC(O)(C(=O)CO)C[C@H]3OC1CC(NC(=O)OCCSSCCOC(=O)Nc2ccccc2/C=N/NC(N)=S)C(O)C(C)O1. The van der Waals surface area contributed by atoms with Gasteiger partial charge in [0.15, 0.2) is 23.0 Å². The molecule has 5 unspecified atom stereocenters. The van der Waals surface area contributed by atoms with Crippen LogP contribution in [0.15, 0.2) is 47.6 Å². The summed E-state index contributed by atoms with van der Waals surface area (Å²) < 4.78 is 28.0. The zero-order valence-corrected chi connectivity index (χ0v) is 36.7. The van der Waals surface area contributed by atoms with Gasteiger partial charge in [-0.2, -0.15) is 5.10 Å². The van der Waals surface area contributed by atoms with Crippen LogP contribution in [0.25, 0.3) is 0 Å². The third-order valence-electron chi connectivity index (χ3n) is 10.5. The molecule has 0 saturated carbocycles. The lowest BCUT2D eigenvalue weighted by molar-refractivity contribution is -0.249. The first-order chi connectivity index (χ1) is 30.6. The summed E-state index contributed by atoms with van der Waals surface area (Å²) >= 11 is 4.71. The number of Topliss-reactive ketones (excluding diaryl/α,β-unsaturated/α-hetero) is 1. The first-order valence-electron chi connectivity index (χ1n) is 19.6. The number of ketones is 3. The molecule has 0 aromatic heterocycles. The van der Waals surface area contributed by atoms with E-state index in [9.17, 15) is 49.5 Å². The van der Waals surface area contributed by atoms with Gasteiger partial charge in [0.25, 0.3) is 0 Å². The van der Waals surface area contributed by atoms with Gasteiger partial charge in [-0.1, -0.05) is 51.9 Å². The van der Waals surface area contributed by atoms with E-state index in [0.717, 1.165) is 0 Å². The lowest BCUT2D eigenvalue weighted by atomic mass is 9.72. The fourth-order valence-corrected chi connectivity index (χ4v) is 9.25. The molecule has 20 nitrogen and oxygen atoms in total. The normalized spacial score (nSPS) is 22.4. The number of carbonyl (C=O) groups is 5.